The van der Waals surface area contributed by atoms with Gasteiger partial charge in [-0.25, -0.2) is 13.2 Å². The summed E-state index contributed by atoms with van der Waals surface area (Å²) in [7, 11) is -0.574. The number of hydrogen-bond donors (Lipinski definition) is 2. The molecule has 2 N–H and O–H groups in total. The summed E-state index contributed by atoms with van der Waals surface area (Å²) in [5.74, 6) is -1.60. The highest BCUT2D eigenvalue weighted by Gasteiger charge is 2.27. The van der Waals surface area contributed by atoms with Gasteiger partial charge in [0.05, 0.1) is 0 Å². The fourth-order valence-electron chi connectivity index (χ4n) is 1.38. The predicted octanol–water partition coefficient (Wildman–Crippen LogP) is 0.126. The second-order valence-corrected chi connectivity index (χ2v) is 5.78. The Morgan fingerprint density at radius 3 is 2.61 bits per heavy atom. The van der Waals surface area contributed by atoms with E-state index >= 15 is 0 Å². The molecular weight excluding hydrogens is 260 g/mol. The third-order valence-electron chi connectivity index (χ3n) is 2.45. The first-order valence-electron chi connectivity index (χ1n) is 5.25. The molecule has 0 fully saturated rings. The summed E-state index contributed by atoms with van der Waals surface area (Å²) in [6, 6.07) is 1.03. The lowest BCUT2D eigenvalue weighted by atomic mass is 10.4. The number of carboxylic acid groups (broad SMARTS) is 1. The van der Waals surface area contributed by atoms with Crippen molar-refractivity contribution in [3.8, 4) is 0 Å². The molecule has 1 aromatic rings. The molecule has 0 aromatic carbocycles. The van der Waals surface area contributed by atoms with Crippen molar-refractivity contribution in [1.82, 2.24) is 9.62 Å². The van der Waals surface area contributed by atoms with Crippen molar-refractivity contribution in [3.05, 3.63) is 17.6 Å². The minimum atomic E-state index is -3.72. The van der Waals surface area contributed by atoms with E-state index in [1.165, 1.54) is 14.0 Å². The Bertz CT molecular complexity index is 534. The van der Waals surface area contributed by atoms with E-state index in [-0.39, 0.29) is 23.0 Å². The SMILES string of the molecule is CNCCN(C)S(=O)(=O)c1cc(C(=O)O)oc1C. The summed E-state index contributed by atoms with van der Waals surface area (Å²) in [5.41, 5.74) is 0. The number of likely N-dealkylation sites (N-methyl/N-ethyl adjacent to an activating group) is 2. The smallest absolute Gasteiger partial charge is 0.371 e. The van der Waals surface area contributed by atoms with Crippen LogP contribution in [0.5, 0.6) is 0 Å². The van der Waals surface area contributed by atoms with E-state index in [1.54, 1.807) is 7.05 Å². The molecule has 0 unspecified atom stereocenters. The number of furan rings is 1. The maximum absolute atomic E-state index is 12.1. The van der Waals surface area contributed by atoms with Gasteiger partial charge >= 0.3 is 5.97 Å². The molecule has 1 rings (SSSR count). The predicted molar refractivity (Wildman–Crippen MR) is 64.1 cm³/mol. The Morgan fingerprint density at radius 1 is 1.56 bits per heavy atom. The molecule has 0 spiro atoms. The van der Waals surface area contributed by atoms with E-state index in [2.05, 4.69) is 5.32 Å². The zero-order chi connectivity index (χ0) is 13.9. The fraction of sp³-hybridized carbons (Fsp3) is 0.500. The number of carboxylic acids is 1. The zero-order valence-electron chi connectivity index (χ0n) is 10.4. The third kappa shape index (κ3) is 2.89. The van der Waals surface area contributed by atoms with Crippen LogP contribution in [-0.2, 0) is 10.0 Å². The number of sulfonamides is 1. The molecular formula is C10H16N2O5S. The van der Waals surface area contributed by atoms with Crippen molar-refractivity contribution >= 4 is 16.0 Å². The maximum atomic E-state index is 12.1. The highest BCUT2D eigenvalue weighted by molar-refractivity contribution is 7.89. The third-order valence-corrected chi connectivity index (χ3v) is 4.41. The summed E-state index contributed by atoms with van der Waals surface area (Å²) in [6.45, 7) is 2.20. The van der Waals surface area contributed by atoms with Gasteiger partial charge in [0.15, 0.2) is 0 Å². The first-order chi connectivity index (χ1) is 8.30. The van der Waals surface area contributed by atoms with Crippen LogP contribution in [0.15, 0.2) is 15.4 Å². The lowest BCUT2D eigenvalue weighted by Crippen LogP contribution is -2.32. The lowest BCUT2D eigenvalue weighted by molar-refractivity contribution is 0.0661. The molecule has 0 aliphatic heterocycles. The molecule has 0 saturated carbocycles. The molecule has 0 saturated heterocycles. The van der Waals surface area contributed by atoms with Crippen molar-refractivity contribution < 1.29 is 22.7 Å². The fourth-order valence-corrected chi connectivity index (χ4v) is 2.71. The van der Waals surface area contributed by atoms with Crippen molar-refractivity contribution in [2.24, 2.45) is 0 Å². The van der Waals surface area contributed by atoms with Gasteiger partial charge in [-0.1, -0.05) is 0 Å². The van der Waals surface area contributed by atoms with E-state index in [1.807, 2.05) is 0 Å². The number of carbonyl (C=O) groups is 1. The number of hydrogen-bond acceptors (Lipinski definition) is 5. The summed E-state index contributed by atoms with van der Waals surface area (Å²) in [4.78, 5) is 10.6. The second kappa shape index (κ2) is 5.51. The minimum absolute atomic E-state index is 0.0729. The van der Waals surface area contributed by atoms with Crippen molar-refractivity contribution in [1.29, 1.82) is 0 Å². The molecule has 0 radical (unpaired) electrons. The van der Waals surface area contributed by atoms with Gasteiger partial charge < -0.3 is 14.8 Å². The highest BCUT2D eigenvalue weighted by Crippen LogP contribution is 2.22. The molecule has 7 nitrogen and oxygen atoms in total. The number of nitrogens with zero attached hydrogens (tertiary/aromatic N) is 1. The Hall–Kier alpha value is -1.38. The van der Waals surface area contributed by atoms with Gasteiger partial charge in [0.25, 0.3) is 0 Å². The zero-order valence-corrected chi connectivity index (χ0v) is 11.2. The topological polar surface area (TPSA) is 99.9 Å². The van der Waals surface area contributed by atoms with Crippen LogP contribution in [0.3, 0.4) is 0 Å². The van der Waals surface area contributed by atoms with Gasteiger partial charge in [-0.05, 0) is 14.0 Å². The van der Waals surface area contributed by atoms with E-state index in [9.17, 15) is 13.2 Å². The molecule has 0 aliphatic carbocycles. The first-order valence-corrected chi connectivity index (χ1v) is 6.69. The molecule has 1 heterocycles. The molecule has 0 atom stereocenters. The molecule has 0 bridgehead atoms. The summed E-state index contributed by atoms with van der Waals surface area (Å²) < 4.78 is 30.3. The average molecular weight is 276 g/mol. The van der Waals surface area contributed by atoms with Gasteiger partial charge in [0.2, 0.25) is 15.8 Å². The van der Waals surface area contributed by atoms with Crippen LogP contribution < -0.4 is 5.32 Å². The average Bonchev–Trinajstić information content (AvgIpc) is 2.68. The van der Waals surface area contributed by atoms with Gasteiger partial charge in [-0.2, -0.15) is 4.31 Å². The standard InChI is InChI=1S/C10H16N2O5S/c1-7-9(6-8(17-7)10(13)14)18(15,16)12(3)5-4-11-2/h6,11H,4-5H2,1-3H3,(H,13,14). The molecule has 0 aliphatic rings. The maximum Gasteiger partial charge on any atom is 0.371 e. The van der Waals surface area contributed by atoms with Gasteiger partial charge in [0, 0.05) is 26.2 Å². The summed E-state index contributed by atoms with van der Waals surface area (Å²) >= 11 is 0. The van der Waals surface area contributed by atoms with E-state index in [0.29, 0.717) is 6.54 Å². The largest absolute Gasteiger partial charge is 0.475 e. The lowest BCUT2D eigenvalue weighted by Gasteiger charge is -2.15. The number of rotatable bonds is 6. The van der Waals surface area contributed by atoms with Crippen LogP contribution in [0.4, 0.5) is 0 Å². The Kier molecular flexibility index (Phi) is 4.49. The van der Waals surface area contributed by atoms with Crippen molar-refractivity contribution in [2.45, 2.75) is 11.8 Å². The Labute approximate surface area is 105 Å². The molecule has 18 heavy (non-hydrogen) atoms. The molecule has 0 amide bonds. The van der Waals surface area contributed by atoms with E-state index < -0.39 is 16.0 Å². The summed E-state index contributed by atoms with van der Waals surface area (Å²) in [5, 5.41) is 11.6. The number of aromatic carboxylic acids is 1. The monoisotopic (exact) mass is 276 g/mol. The number of aryl methyl sites for hydroxylation is 1. The van der Waals surface area contributed by atoms with Crippen LogP contribution in [0, 0.1) is 6.92 Å². The van der Waals surface area contributed by atoms with Crippen LogP contribution in [-0.4, -0.2) is 51.0 Å². The first kappa shape index (κ1) is 14.7. The quantitative estimate of drug-likeness (QED) is 0.766. The Balaban J connectivity index is 3.08. The Morgan fingerprint density at radius 2 is 2.17 bits per heavy atom. The molecule has 8 heteroatoms. The van der Waals surface area contributed by atoms with Gasteiger partial charge in [-0.3, -0.25) is 0 Å². The van der Waals surface area contributed by atoms with Gasteiger partial charge in [-0.15, -0.1) is 0 Å². The minimum Gasteiger partial charge on any atom is -0.475 e. The second-order valence-electron chi connectivity index (χ2n) is 3.77. The molecule has 102 valence electrons. The van der Waals surface area contributed by atoms with Crippen LogP contribution >= 0.6 is 0 Å². The molecule has 1 aromatic heterocycles. The van der Waals surface area contributed by atoms with Crippen LogP contribution in [0.2, 0.25) is 0 Å². The van der Waals surface area contributed by atoms with Crippen LogP contribution in [0.25, 0.3) is 0 Å². The summed E-state index contributed by atoms with van der Waals surface area (Å²) in [6.07, 6.45) is 0. The normalized spacial score (nSPS) is 12.0. The van der Waals surface area contributed by atoms with Crippen LogP contribution in [0.1, 0.15) is 16.3 Å². The van der Waals surface area contributed by atoms with Gasteiger partial charge in [0.1, 0.15) is 10.7 Å². The van der Waals surface area contributed by atoms with E-state index in [0.717, 1.165) is 10.4 Å². The number of nitrogens with one attached hydrogen (secondary N) is 1. The highest BCUT2D eigenvalue weighted by atomic mass is 32.2. The van der Waals surface area contributed by atoms with E-state index in [4.69, 9.17) is 9.52 Å². The van der Waals surface area contributed by atoms with Crippen molar-refractivity contribution in [3.63, 3.8) is 0 Å². The van der Waals surface area contributed by atoms with Crippen molar-refractivity contribution in [2.75, 3.05) is 27.2 Å².